The topological polar surface area (TPSA) is 55.1 Å². The van der Waals surface area contributed by atoms with Gasteiger partial charge in [0.25, 0.3) is 0 Å². The summed E-state index contributed by atoms with van der Waals surface area (Å²) < 4.78 is 26.1. The summed E-state index contributed by atoms with van der Waals surface area (Å²) >= 11 is 0. The van der Waals surface area contributed by atoms with E-state index in [0.717, 1.165) is 31.7 Å². The van der Waals surface area contributed by atoms with Gasteiger partial charge in [0.1, 0.15) is 11.6 Å². The van der Waals surface area contributed by atoms with Crippen molar-refractivity contribution >= 4 is 5.91 Å². The molecule has 0 aliphatic heterocycles. The van der Waals surface area contributed by atoms with Crippen LogP contribution in [0.2, 0.25) is 0 Å². The van der Waals surface area contributed by atoms with E-state index in [9.17, 15) is 13.6 Å². The Morgan fingerprint density at radius 2 is 1.86 bits per heavy atom. The van der Waals surface area contributed by atoms with E-state index < -0.39 is 11.6 Å². The van der Waals surface area contributed by atoms with Crippen molar-refractivity contribution in [3.05, 3.63) is 35.4 Å². The van der Waals surface area contributed by atoms with Gasteiger partial charge in [0.2, 0.25) is 5.91 Å². The first-order chi connectivity index (χ1) is 10.1. The predicted octanol–water partition coefficient (Wildman–Crippen LogP) is 2.39. The first-order valence-corrected chi connectivity index (χ1v) is 7.53. The SMILES string of the molecule is NCC1CCCCC1C(=O)NCCc1cc(F)cc(F)c1. The number of benzene rings is 1. The van der Waals surface area contributed by atoms with Crippen molar-refractivity contribution in [2.75, 3.05) is 13.1 Å². The Hall–Kier alpha value is -1.49. The van der Waals surface area contributed by atoms with Crippen LogP contribution in [0.5, 0.6) is 0 Å². The fourth-order valence-electron chi connectivity index (χ4n) is 3.05. The minimum Gasteiger partial charge on any atom is -0.356 e. The summed E-state index contributed by atoms with van der Waals surface area (Å²) in [7, 11) is 0. The number of halogens is 2. The van der Waals surface area contributed by atoms with Crippen LogP contribution in [0.15, 0.2) is 18.2 Å². The quantitative estimate of drug-likeness (QED) is 0.876. The van der Waals surface area contributed by atoms with E-state index in [1.54, 1.807) is 0 Å². The lowest BCUT2D eigenvalue weighted by Crippen LogP contribution is -2.40. The summed E-state index contributed by atoms with van der Waals surface area (Å²) in [5, 5.41) is 2.86. The molecule has 116 valence electrons. The molecule has 21 heavy (non-hydrogen) atoms. The van der Waals surface area contributed by atoms with E-state index in [-0.39, 0.29) is 17.7 Å². The van der Waals surface area contributed by atoms with Crippen molar-refractivity contribution < 1.29 is 13.6 Å². The van der Waals surface area contributed by atoms with Gasteiger partial charge in [-0.2, -0.15) is 0 Å². The van der Waals surface area contributed by atoms with Gasteiger partial charge in [-0.15, -0.1) is 0 Å². The maximum Gasteiger partial charge on any atom is 0.223 e. The second-order valence-corrected chi connectivity index (χ2v) is 5.71. The summed E-state index contributed by atoms with van der Waals surface area (Å²) in [5.74, 6) is -0.931. The molecule has 0 saturated heterocycles. The zero-order chi connectivity index (χ0) is 15.2. The van der Waals surface area contributed by atoms with E-state index in [0.29, 0.717) is 25.1 Å². The number of carbonyl (C=O) groups is 1. The maximum absolute atomic E-state index is 13.1. The number of amides is 1. The molecule has 1 fully saturated rings. The van der Waals surface area contributed by atoms with Gasteiger partial charge in [0.05, 0.1) is 0 Å². The molecule has 0 aromatic heterocycles. The molecule has 2 atom stereocenters. The molecule has 2 rings (SSSR count). The van der Waals surface area contributed by atoms with Crippen molar-refractivity contribution in [3.8, 4) is 0 Å². The molecular weight excluding hydrogens is 274 g/mol. The summed E-state index contributed by atoms with van der Waals surface area (Å²) in [6.07, 6.45) is 4.49. The highest BCUT2D eigenvalue weighted by Gasteiger charge is 2.29. The minimum atomic E-state index is -0.591. The van der Waals surface area contributed by atoms with E-state index in [2.05, 4.69) is 5.32 Å². The van der Waals surface area contributed by atoms with Crippen molar-refractivity contribution in [2.24, 2.45) is 17.6 Å². The second-order valence-electron chi connectivity index (χ2n) is 5.71. The fraction of sp³-hybridized carbons (Fsp3) is 0.562. The van der Waals surface area contributed by atoms with Gasteiger partial charge < -0.3 is 11.1 Å². The average Bonchev–Trinajstić information content (AvgIpc) is 2.46. The molecular formula is C16H22F2N2O. The van der Waals surface area contributed by atoms with E-state index in [1.165, 1.54) is 12.1 Å². The average molecular weight is 296 g/mol. The molecule has 1 aliphatic carbocycles. The molecule has 1 amide bonds. The molecule has 0 radical (unpaired) electrons. The Balaban J connectivity index is 1.83. The molecule has 0 spiro atoms. The Bertz CT molecular complexity index is 473. The molecule has 3 N–H and O–H groups in total. The fourth-order valence-corrected chi connectivity index (χ4v) is 3.05. The Labute approximate surface area is 123 Å². The number of carbonyl (C=O) groups excluding carboxylic acids is 1. The van der Waals surface area contributed by atoms with E-state index >= 15 is 0 Å². The summed E-state index contributed by atoms with van der Waals surface area (Å²) in [5.41, 5.74) is 6.27. The van der Waals surface area contributed by atoms with Crippen LogP contribution in [0, 0.1) is 23.5 Å². The highest BCUT2D eigenvalue weighted by molar-refractivity contribution is 5.79. The first kappa shape index (κ1) is 15.9. The molecule has 1 aromatic rings. The van der Waals surface area contributed by atoms with Crippen LogP contribution in [0.1, 0.15) is 31.2 Å². The van der Waals surface area contributed by atoms with Gasteiger partial charge in [0.15, 0.2) is 0 Å². The minimum absolute atomic E-state index is 0.0158. The Morgan fingerprint density at radius 3 is 2.52 bits per heavy atom. The lowest BCUT2D eigenvalue weighted by molar-refractivity contribution is -0.127. The van der Waals surface area contributed by atoms with Crippen LogP contribution in [0.25, 0.3) is 0 Å². The monoisotopic (exact) mass is 296 g/mol. The molecule has 5 heteroatoms. The second kappa shape index (κ2) is 7.50. The Morgan fingerprint density at radius 1 is 1.19 bits per heavy atom. The van der Waals surface area contributed by atoms with Crippen LogP contribution >= 0.6 is 0 Å². The number of rotatable bonds is 5. The number of hydrogen-bond donors (Lipinski definition) is 2. The lowest BCUT2D eigenvalue weighted by Gasteiger charge is -2.29. The lowest BCUT2D eigenvalue weighted by atomic mass is 9.79. The van der Waals surface area contributed by atoms with Gasteiger partial charge in [-0.3, -0.25) is 4.79 Å². The summed E-state index contributed by atoms with van der Waals surface area (Å²) in [6.45, 7) is 0.919. The third-order valence-electron chi connectivity index (χ3n) is 4.18. The van der Waals surface area contributed by atoms with Gasteiger partial charge in [-0.25, -0.2) is 8.78 Å². The molecule has 2 unspecified atom stereocenters. The number of hydrogen-bond acceptors (Lipinski definition) is 2. The number of nitrogens with one attached hydrogen (secondary N) is 1. The van der Waals surface area contributed by atoms with Crippen molar-refractivity contribution in [1.29, 1.82) is 0 Å². The van der Waals surface area contributed by atoms with Gasteiger partial charge in [-0.05, 0) is 49.4 Å². The normalized spacial score (nSPS) is 22.0. The van der Waals surface area contributed by atoms with Gasteiger partial charge in [-0.1, -0.05) is 12.8 Å². The highest BCUT2D eigenvalue weighted by atomic mass is 19.1. The van der Waals surface area contributed by atoms with E-state index in [1.807, 2.05) is 0 Å². The van der Waals surface area contributed by atoms with E-state index in [4.69, 9.17) is 5.73 Å². The van der Waals surface area contributed by atoms with Crippen molar-refractivity contribution in [3.63, 3.8) is 0 Å². The smallest absolute Gasteiger partial charge is 0.223 e. The zero-order valence-electron chi connectivity index (χ0n) is 12.1. The van der Waals surface area contributed by atoms with Crippen LogP contribution < -0.4 is 11.1 Å². The zero-order valence-corrected chi connectivity index (χ0v) is 12.1. The third kappa shape index (κ3) is 4.49. The van der Waals surface area contributed by atoms with Gasteiger partial charge in [0, 0.05) is 18.5 Å². The molecule has 1 saturated carbocycles. The maximum atomic E-state index is 13.1. The first-order valence-electron chi connectivity index (χ1n) is 7.53. The van der Waals surface area contributed by atoms with Crippen molar-refractivity contribution in [1.82, 2.24) is 5.32 Å². The van der Waals surface area contributed by atoms with Crippen LogP contribution in [-0.4, -0.2) is 19.0 Å². The molecule has 1 aromatic carbocycles. The summed E-state index contributed by atoms with van der Waals surface area (Å²) in [6, 6.07) is 3.42. The molecule has 0 heterocycles. The molecule has 0 bridgehead atoms. The van der Waals surface area contributed by atoms with Crippen molar-refractivity contribution in [2.45, 2.75) is 32.1 Å². The molecule has 1 aliphatic rings. The molecule has 3 nitrogen and oxygen atoms in total. The van der Waals surface area contributed by atoms with Crippen LogP contribution in [0.4, 0.5) is 8.78 Å². The summed E-state index contributed by atoms with van der Waals surface area (Å²) in [4.78, 5) is 12.2. The van der Waals surface area contributed by atoms with Gasteiger partial charge >= 0.3 is 0 Å². The highest BCUT2D eigenvalue weighted by Crippen LogP contribution is 2.29. The van der Waals surface area contributed by atoms with Crippen LogP contribution in [0.3, 0.4) is 0 Å². The number of nitrogens with two attached hydrogens (primary N) is 1. The van der Waals surface area contributed by atoms with Crippen LogP contribution in [-0.2, 0) is 11.2 Å². The Kier molecular flexibility index (Phi) is 5.67. The third-order valence-corrected chi connectivity index (χ3v) is 4.18. The largest absolute Gasteiger partial charge is 0.356 e. The predicted molar refractivity (Wildman–Crippen MR) is 77.6 cm³/mol. The standard InChI is InChI=1S/C16H22F2N2O/c17-13-7-11(8-14(18)9-13)5-6-20-16(21)15-4-2-1-3-12(15)10-19/h7-9,12,15H,1-6,10,19H2,(H,20,21).